The standard InChI is InChI=1S/C32H30N4O7S2/c1-42-25-13-8-22(29(19-25)43-2)18-28(36-31(38)21-6-4-3-5-7-21)32(39)35-24-9-14-26(15-10-24)44-20-30(37)34-23-11-16-27(17-12-23)45(33,40)41/h3-19H,20H2,1-2H3,(H,34,37)(H,35,39)(H,36,38)(H2,33,40,41)/b28-18-. The van der Waals surface area contributed by atoms with Crippen LogP contribution in [0.5, 0.6) is 11.5 Å². The van der Waals surface area contributed by atoms with E-state index in [9.17, 15) is 22.8 Å². The van der Waals surface area contributed by atoms with Crippen LogP contribution >= 0.6 is 11.8 Å². The predicted molar refractivity (Wildman–Crippen MR) is 174 cm³/mol. The summed E-state index contributed by atoms with van der Waals surface area (Å²) in [7, 11) is -0.799. The maximum Gasteiger partial charge on any atom is 0.272 e. The zero-order valence-electron chi connectivity index (χ0n) is 24.3. The normalized spacial score (nSPS) is 11.3. The molecule has 0 fully saturated rings. The van der Waals surface area contributed by atoms with Crippen LogP contribution in [0.1, 0.15) is 15.9 Å². The van der Waals surface area contributed by atoms with Crippen molar-refractivity contribution in [2.45, 2.75) is 9.79 Å². The minimum atomic E-state index is -3.82. The number of anilines is 2. The summed E-state index contributed by atoms with van der Waals surface area (Å²) in [5.41, 5.74) is 1.80. The lowest BCUT2D eigenvalue weighted by Crippen LogP contribution is -2.30. The summed E-state index contributed by atoms with van der Waals surface area (Å²) in [4.78, 5) is 39.5. The van der Waals surface area contributed by atoms with Crippen molar-refractivity contribution in [2.24, 2.45) is 5.14 Å². The topological polar surface area (TPSA) is 166 Å². The molecule has 0 saturated heterocycles. The van der Waals surface area contributed by atoms with Crippen molar-refractivity contribution in [3.8, 4) is 11.5 Å². The highest BCUT2D eigenvalue weighted by atomic mass is 32.2. The smallest absolute Gasteiger partial charge is 0.272 e. The van der Waals surface area contributed by atoms with Crippen LogP contribution in [-0.4, -0.2) is 46.1 Å². The van der Waals surface area contributed by atoms with Crippen LogP contribution in [0, 0.1) is 0 Å². The minimum absolute atomic E-state index is 0.0143. The second-order valence-corrected chi connectivity index (χ2v) is 12.0. The molecule has 0 atom stereocenters. The highest BCUT2D eigenvalue weighted by Gasteiger charge is 2.17. The number of nitrogens with one attached hydrogen (secondary N) is 3. The molecule has 11 nitrogen and oxygen atoms in total. The van der Waals surface area contributed by atoms with E-state index < -0.39 is 21.8 Å². The summed E-state index contributed by atoms with van der Waals surface area (Å²) in [6.07, 6.45) is 1.51. The second kappa shape index (κ2) is 15.1. The summed E-state index contributed by atoms with van der Waals surface area (Å²) in [5, 5.41) is 13.3. The third-order valence-electron chi connectivity index (χ3n) is 6.22. The fourth-order valence-corrected chi connectivity index (χ4v) is 5.16. The van der Waals surface area contributed by atoms with Crippen molar-refractivity contribution in [3.05, 3.63) is 114 Å². The molecule has 45 heavy (non-hydrogen) atoms. The molecule has 4 rings (SSSR count). The van der Waals surface area contributed by atoms with Crippen LogP contribution in [0.4, 0.5) is 11.4 Å². The molecule has 4 aromatic carbocycles. The van der Waals surface area contributed by atoms with Crippen LogP contribution in [0.3, 0.4) is 0 Å². The molecule has 0 spiro atoms. The number of hydrogen-bond acceptors (Lipinski definition) is 8. The average molecular weight is 647 g/mol. The van der Waals surface area contributed by atoms with E-state index >= 15 is 0 Å². The molecule has 0 aliphatic carbocycles. The SMILES string of the molecule is COc1ccc(/C=C(\NC(=O)c2ccccc2)C(=O)Nc2ccc(SCC(=O)Nc3ccc(S(N)(=O)=O)cc3)cc2)c(OC)c1. The van der Waals surface area contributed by atoms with Gasteiger partial charge in [-0.25, -0.2) is 13.6 Å². The van der Waals surface area contributed by atoms with E-state index in [4.69, 9.17) is 14.6 Å². The van der Waals surface area contributed by atoms with Crippen molar-refractivity contribution < 1.29 is 32.3 Å². The van der Waals surface area contributed by atoms with E-state index in [1.165, 1.54) is 56.3 Å². The van der Waals surface area contributed by atoms with Gasteiger partial charge in [-0.05, 0) is 78.9 Å². The Labute approximate surface area is 264 Å². The molecular weight excluding hydrogens is 617 g/mol. The number of amides is 3. The molecule has 0 bridgehead atoms. The number of thioether (sulfide) groups is 1. The Kier molecular flexibility index (Phi) is 11.0. The zero-order chi connectivity index (χ0) is 32.4. The van der Waals surface area contributed by atoms with Crippen molar-refractivity contribution in [2.75, 3.05) is 30.6 Å². The van der Waals surface area contributed by atoms with Gasteiger partial charge in [0.2, 0.25) is 15.9 Å². The molecule has 0 aliphatic rings. The molecule has 4 aromatic rings. The highest BCUT2D eigenvalue weighted by molar-refractivity contribution is 8.00. The third-order valence-corrected chi connectivity index (χ3v) is 8.16. The molecular formula is C32H30N4O7S2. The number of hydrogen-bond donors (Lipinski definition) is 4. The Hall–Kier alpha value is -5.11. The van der Waals surface area contributed by atoms with E-state index in [0.29, 0.717) is 34.0 Å². The van der Waals surface area contributed by atoms with E-state index in [1.807, 2.05) is 0 Å². The minimum Gasteiger partial charge on any atom is -0.497 e. The van der Waals surface area contributed by atoms with Crippen LogP contribution < -0.4 is 30.6 Å². The van der Waals surface area contributed by atoms with Crippen molar-refractivity contribution in [1.29, 1.82) is 0 Å². The predicted octanol–water partition coefficient (Wildman–Crippen LogP) is 4.49. The average Bonchev–Trinajstić information content (AvgIpc) is 3.04. The molecule has 232 valence electrons. The first-order valence-electron chi connectivity index (χ1n) is 13.3. The Morgan fingerprint density at radius 3 is 2.09 bits per heavy atom. The summed E-state index contributed by atoms with van der Waals surface area (Å²) in [6, 6.07) is 26.0. The van der Waals surface area contributed by atoms with Gasteiger partial charge in [0.15, 0.2) is 0 Å². The lowest BCUT2D eigenvalue weighted by atomic mass is 10.1. The summed E-state index contributed by atoms with van der Waals surface area (Å²) >= 11 is 1.27. The Morgan fingerprint density at radius 2 is 1.47 bits per heavy atom. The van der Waals surface area contributed by atoms with Gasteiger partial charge in [-0.15, -0.1) is 11.8 Å². The largest absolute Gasteiger partial charge is 0.497 e. The number of nitrogens with two attached hydrogens (primary N) is 1. The molecule has 0 aliphatic heterocycles. The number of benzene rings is 4. The maximum atomic E-state index is 13.4. The summed E-state index contributed by atoms with van der Waals surface area (Å²) < 4.78 is 33.5. The van der Waals surface area contributed by atoms with Gasteiger partial charge >= 0.3 is 0 Å². The molecule has 5 N–H and O–H groups in total. The van der Waals surface area contributed by atoms with Crippen molar-refractivity contribution in [1.82, 2.24) is 5.32 Å². The Bertz CT molecular complexity index is 1810. The van der Waals surface area contributed by atoms with Crippen LogP contribution in [0.25, 0.3) is 6.08 Å². The Balaban J connectivity index is 1.43. The van der Waals surface area contributed by atoms with Crippen LogP contribution in [0.15, 0.2) is 113 Å². The van der Waals surface area contributed by atoms with Gasteiger partial charge in [-0.2, -0.15) is 0 Å². The Morgan fingerprint density at radius 1 is 0.822 bits per heavy atom. The molecule has 0 unspecified atom stereocenters. The fraction of sp³-hybridized carbons (Fsp3) is 0.0938. The van der Waals surface area contributed by atoms with Gasteiger partial charge in [0.1, 0.15) is 17.2 Å². The lowest BCUT2D eigenvalue weighted by molar-refractivity contribution is -0.114. The monoisotopic (exact) mass is 646 g/mol. The first-order chi connectivity index (χ1) is 21.5. The van der Waals surface area contributed by atoms with E-state index in [1.54, 1.807) is 72.8 Å². The van der Waals surface area contributed by atoms with Gasteiger partial charge in [0.25, 0.3) is 11.8 Å². The molecule has 3 amide bonds. The number of methoxy groups -OCH3 is 2. The van der Waals surface area contributed by atoms with Gasteiger partial charge in [-0.1, -0.05) is 18.2 Å². The molecule has 0 aromatic heterocycles. The van der Waals surface area contributed by atoms with Gasteiger partial charge in [-0.3, -0.25) is 14.4 Å². The van der Waals surface area contributed by atoms with Crippen LogP contribution in [0.2, 0.25) is 0 Å². The fourth-order valence-electron chi connectivity index (χ4n) is 3.94. The van der Waals surface area contributed by atoms with Gasteiger partial charge in [0, 0.05) is 33.5 Å². The number of primary sulfonamides is 1. The molecule has 0 saturated carbocycles. The van der Waals surface area contributed by atoms with E-state index in [2.05, 4.69) is 16.0 Å². The number of rotatable bonds is 12. The molecule has 0 radical (unpaired) electrons. The van der Waals surface area contributed by atoms with Crippen molar-refractivity contribution in [3.63, 3.8) is 0 Å². The van der Waals surface area contributed by atoms with Crippen molar-refractivity contribution >= 4 is 57.0 Å². The number of sulfonamides is 1. The molecule has 0 heterocycles. The van der Waals surface area contributed by atoms with E-state index in [-0.39, 0.29) is 22.3 Å². The number of carbonyl (C=O) groups excluding carboxylic acids is 3. The number of ether oxygens (including phenoxy) is 2. The summed E-state index contributed by atoms with van der Waals surface area (Å²) in [6.45, 7) is 0. The lowest BCUT2D eigenvalue weighted by Gasteiger charge is -2.13. The van der Waals surface area contributed by atoms with E-state index in [0.717, 1.165) is 4.90 Å². The molecule has 13 heteroatoms. The maximum absolute atomic E-state index is 13.4. The third kappa shape index (κ3) is 9.44. The van der Waals surface area contributed by atoms with Crippen LogP contribution in [-0.2, 0) is 19.6 Å². The second-order valence-electron chi connectivity index (χ2n) is 9.37. The first kappa shape index (κ1) is 32.8. The summed E-state index contributed by atoms with van der Waals surface area (Å²) in [5.74, 6) is -0.221. The first-order valence-corrected chi connectivity index (χ1v) is 15.9. The highest BCUT2D eigenvalue weighted by Crippen LogP contribution is 2.27. The zero-order valence-corrected chi connectivity index (χ0v) is 25.9. The number of carbonyl (C=O) groups is 3. The van der Waals surface area contributed by atoms with Gasteiger partial charge < -0.3 is 25.4 Å². The quantitative estimate of drug-likeness (QED) is 0.129. The van der Waals surface area contributed by atoms with Gasteiger partial charge in [0.05, 0.1) is 24.9 Å².